The number of nitrogens with zero attached hydrogens (tertiary/aromatic N) is 1. The van der Waals surface area contributed by atoms with E-state index in [1.807, 2.05) is 18.2 Å². The van der Waals surface area contributed by atoms with Crippen molar-refractivity contribution in [2.24, 2.45) is 0 Å². The van der Waals surface area contributed by atoms with Crippen molar-refractivity contribution in [1.82, 2.24) is 4.98 Å². The van der Waals surface area contributed by atoms with Gasteiger partial charge in [-0.05, 0) is 41.3 Å². The summed E-state index contributed by atoms with van der Waals surface area (Å²) in [6.45, 7) is 4.39. The number of ether oxygens (including phenoxy) is 1. The molecular weight excluding hydrogens is 210 g/mol. The van der Waals surface area contributed by atoms with Crippen molar-refractivity contribution in [3.05, 3.63) is 48.3 Å². The molecule has 0 spiro atoms. The lowest BCUT2D eigenvalue weighted by Gasteiger charge is -2.12. The number of hydrogen-bond donors (Lipinski definition) is 0. The molecule has 2 heteroatoms. The molecule has 0 aliphatic rings. The lowest BCUT2D eigenvalue weighted by atomic mass is 9.97. The third-order valence-corrected chi connectivity index (χ3v) is 2.88. The van der Waals surface area contributed by atoms with Crippen LogP contribution in [-0.4, -0.2) is 12.1 Å². The maximum Gasteiger partial charge on any atom is 0.126 e. The van der Waals surface area contributed by atoms with Crippen molar-refractivity contribution < 1.29 is 4.74 Å². The van der Waals surface area contributed by atoms with E-state index in [-0.39, 0.29) is 0 Å². The van der Waals surface area contributed by atoms with Crippen molar-refractivity contribution in [2.45, 2.75) is 19.8 Å². The Morgan fingerprint density at radius 2 is 1.76 bits per heavy atom. The molecule has 0 aliphatic carbocycles. The molecule has 2 aromatic rings. The molecular formula is C15H17NO. The maximum atomic E-state index is 5.41. The minimum Gasteiger partial charge on any atom is -0.496 e. The lowest BCUT2D eigenvalue weighted by molar-refractivity contribution is 0.416. The van der Waals surface area contributed by atoms with Gasteiger partial charge in [0.2, 0.25) is 0 Å². The van der Waals surface area contributed by atoms with Gasteiger partial charge < -0.3 is 4.74 Å². The maximum absolute atomic E-state index is 5.41. The van der Waals surface area contributed by atoms with Crippen LogP contribution < -0.4 is 4.74 Å². The molecule has 0 saturated heterocycles. The summed E-state index contributed by atoms with van der Waals surface area (Å²) in [7, 11) is 1.70. The van der Waals surface area contributed by atoms with Gasteiger partial charge in [0, 0.05) is 18.0 Å². The predicted octanol–water partition coefficient (Wildman–Crippen LogP) is 3.88. The molecule has 0 fully saturated rings. The van der Waals surface area contributed by atoms with Gasteiger partial charge in [0.15, 0.2) is 0 Å². The zero-order valence-electron chi connectivity index (χ0n) is 10.5. The molecule has 2 nitrogen and oxygen atoms in total. The molecule has 0 aliphatic heterocycles. The number of pyridine rings is 1. The first kappa shape index (κ1) is 11.6. The lowest BCUT2D eigenvalue weighted by Crippen LogP contribution is -1.92. The highest BCUT2D eigenvalue weighted by atomic mass is 16.5. The van der Waals surface area contributed by atoms with E-state index >= 15 is 0 Å². The Morgan fingerprint density at radius 3 is 2.35 bits per heavy atom. The molecule has 1 aromatic heterocycles. The van der Waals surface area contributed by atoms with E-state index in [0.29, 0.717) is 5.92 Å². The second-order valence-corrected chi connectivity index (χ2v) is 4.35. The Morgan fingerprint density at radius 1 is 1.06 bits per heavy atom. The van der Waals surface area contributed by atoms with Gasteiger partial charge >= 0.3 is 0 Å². The highest BCUT2D eigenvalue weighted by Gasteiger charge is 2.08. The Hall–Kier alpha value is -1.83. The fourth-order valence-electron chi connectivity index (χ4n) is 1.84. The average molecular weight is 227 g/mol. The zero-order chi connectivity index (χ0) is 12.3. The number of hydrogen-bond acceptors (Lipinski definition) is 2. The molecule has 0 atom stereocenters. The third-order valence-electron chi connectivity index (χ3n) is 2.88. The number of aromatic nitrogens is 1. The van der Waals surface area contributed by atoms with E-state index in [1.165, 1.54) is 5.56 Å². The molecule has 0 amide bonds. The SMILES string of the molecule is COc1ccc(C(C)C)cc1-c1ccncc1. The number of benzene rings is 1. The summed E-state index contributed by atoms with van der Waals surface area (Å²) in [6, 6.07) is 10.3. The van der Waals surface area contributed by atoms with Crippen molar-refractivity contribution in [1.29, 1.82) is 0 Å². The van der Waals surface area contributed by atoms with Gasteiger partial charge in [-0.2, -0.15) is 0 Å². The summed E-state index contributed by atoms with van der Waals surface area (Å²) in [5, 5.41) is 0. The second kappa shape index (κ2) is 5.00. The topological polar surface area (TPSA) is 22.1 Å². The summed E-state index contributed by atoms with van der Waals surface area (Å²) < 4.78 is 5.41. The van der Waals surface area contributed by atoms with Gasteiger partial charge in [-0.25, -0.2) is 0 Å². The highest BCUT2D eigenvalue weighted by Crippen LogP contribution is 2.32. The fraction of sp³-hybridized carbons (Fsp3) is 0.267. The monoisotopic (exact) mass is 227 g/mol. The highest BCUT2D eigenvalue weighted by molar-refractivity contribution is 5.70. The van der Waals surface area contributed by atoms with Crippen molar-refractivity contribution in [3.8, 4) is 16.9 Å². The first-order valence-electron chi connectivity index (χ1n) is 5.80. The molecule has 0 N–H and O–H groups in total. The van der Waals surface area contributed by atoms with Gasteiger partial charge in [-0.3, -0.25) is 4.98 Å². The third kappa shape index (κ3) is 2.47. The molecule has 1 heterocycles. The van der Waals surface area contributed by atoms with Gasteiger partial charge in [-0.1, -0.05) is 19.9 Å². The first-order chi connectivity index (χ1) is 8.22. The Labute approximate surface area is 102 Å². The standard InChI is InChI=1S/C15H17NO/c1-11(2)13-4-5-15(17-3)14(10-13)12-6-8-16-9-7-12/h4-11H,1-3H3. The molecule has 0 bridgehead atoms. The van der Waals surface area contributed by atoms with Crippen molar-refractivity contribution >= 4 is 0 Å². The Balaban J connectivity index is 2.54. The molecule has 0 unspecified atom stereocenters. The first-order valence-corrected chi connectivity index (χ1v) is 5.80. The summed E-state index contributed by atoms with van der Waals surface area (Å²) in [5.41, 5.74) is 3.58. The van der Waals surface area contributed by atoms with Crippen LogP contribution >= 0.6 is 0 Å². The molecule has 0 saturated carbocycles. The molecule has 88 valence electrons. The van der Waals surface area contributed by atoms with Crippen LogP contribution in [0.5, 0.6) is 5.75 Å². The van der Waals surface area contributed by atoms with Crippen LogP contribution in [0.25, 0.3) is 11.1 Å². The second-order valence-electron chi connectivity index (χ2n) is 4.35. The van der Waals surface area contributed by atoms with Crippen LogP contribution in [0.1, 0.15) is 25.3 Å². The number of rotatable bonds is 3. The van der Waals surface area contributed by atoms with Gasteiger partial charge in [0.25, 0.3) is 0 Å². The van der Waals surface area contributed by atoms with Crippen molar-refractivity contribution in [2.75, 3.05) is 7.11 Å². The van der Waals surface area contributed by atoms with E-state index in [0.717, 1.165) is 16.9 Å². The van der Waals surface area contributed by atoms with Gasteiger partial charge in [0.05, 0.1) is 7.11 Å². The van der Waals surface area contributed by atoms with E-state index in [4.69, 9.17) is 4.74 Å². The smallest absolute Gasteiger partial charge is 0.126 e. The Bertz CT molecular complexity index is 492. The molecule has 0 radical (unpaired) electrons. The molecule has 1 aromatic carbocycles. The van der Waals surface area contributed by atoms with E-state index < -0.39 is 0 Å². The summed E-state index contributed by atoms with van der Waals surface area (Å²) in [5.74, 6) is 1.42. The average Bonchev–Trinajstić information content (AvgIpc) is 2.39. The Kier molecular flexibility index (Phi) is 3.43. The van der Waals surface area contributed by atoms with Crippen LogP contribution in [-0.2, 0) is 0 Å². The van der Waals surface area contributed by atoms with E-state index in [9.17, 15) is 0 Å². The summed E-state index contributed by atoms with van der Waals surface area (Å²) in [6.07, 6.45) is 3.60. The fourth-order valence-corrected chi connectivity index (χ4v) is 1.84. The largest absolute Gasteiger partial charge is 0.496 e. The van der Waals surface area contributed by atoms with Gasteiger partial charge in [0.1, 0.15) is 5.75 Å². The van der Waals surface area contributed by atoms with E-state index in [2.05, 4.69) is 31.0 Å². The molecule has 17 heavy (non-hydrogen) atoms. The quantitative estimate of drug-likeness (QED) is 0.793. The van der Waals surface area contributed by atoms with Crippen LogP contribution in [0.3, 0.4) is 0 Å². The van der Waals surface area contributed by atoms with Crippen LogP contribution in [0.15, 0.2) is 42.7 Å². The normalized spacial score (nSPS) is 10.6. The van der Waals surface area contributed by atoms with Gasteiger partial charge in [-0.15, -0.1) is 0 Å². The minimum atomic E-state index is 0.515. The van der Waals surface area contributed by atoms with Crippen LogP contribution in [0.4, 0.5) is 0 Å². The summed E-state index contributed by atoms with van der Waals surface area (Å²) in [4.78, 5) is 4.04. The van der Waals surface area contributed by atoms with Crippen molar-refractivity contribution in [3.63, 3.8) is 0 Å². The number of methoxy groups -OCH3 is 1. The van der Waals surface area contributed by atoms with E-state index in [1.54, 1.807) is 19.5 Å². The predicted molar refractivity (Wildman–Crippen MR) is 70.3 cm³/mol. The van der Waals surface area contributed by atoms with Crippen LogP contribution in [0.2, 0.25) is 0 Å². The summed E-state index contributed by atoms with van der Waals surface area (Å²) >= 11 is 0. The minimum absolute atomic E-state index is 0.515. The van der Waals surface area contributed by atoms with Crippen LogP contribution in [0, 0.1) is 0 Å². The zero-order valence-corrected chi connectivity index (χ0v) is 10.5. The molecule has 2 rings (SSSR count).